The van der Waals surface area contributed by atoms with Crippen molar-refractivity contribution < 1.29 is 4.74 Å². The molecule has 26 heavy (non-hydrogen) atoms. The van der Waals surface area contributed by atoms with E-state index >= 15 is 0 Å². The Hall–Kier alpha value is -1.84. The molecule has 0 radical (unpaired) electrons. The van der Waals surface area contributed by atoms with E-state index in [9.17, 15) is 0 Å². The molecule has 1 atom stereocenters. The van der Waals surface area contributed by atoms with Crippen LogP contribution in [0.4, 0.5) is 0 Å². The standard InChI is InChI=1S/C18H26N6O.HI/c1-13-16(14(2)23(4)22-13)11-21-18(19-3)24-10-8-15(12-24)25-17-7-5-6-9-20-17;/h5-7,9,15H,8,10-12H2,1-4H3,(H,19,21);1H. The van der Waals surface area contributed by atoms with Gasteiger partial charge in [0.25, 0.3) is 0 Å². The SMILES string of the molecule is CN=C(NCc1c(C)nn(C)c1C)N1CCC(Oc2ccccn2)C1.I. The summed E-state index contributed by atoms with van der Waals surface area (Å²) in [7, 11) is 3.79. The minimum atomic E-state index is 0. The van der Waals surface area contributed by atoms with Crippen molar-refractivity contribution in [3.63, 3.8) is 0 Å². The van der Waals surface area contributed by atoms with Crippen LogP contribution in [0.5, 0.6) is 5.88 Å². The molecule has 7 nitrogen and oxygen atoms in total. The molecule has 1 saturated heterocycles. The van der Waals surface area contributed by atoms with Crippen molar-refractivity contribution in [3.05, 3.63) is 41.3 Å². The molecule has 2 aromatic heterocycles. The molecule has 0 aromatic carbocycles. The molecule has 8 heteroatoms. The van der Waals surface area contributed by atoms with Gasteiger partial charge in [0.2, 0.25) is 5.88 Å². The summed E-state index contributed by atoms with van der Waals surface area (Å²) in [6.07, 6.45) is 2.85. The first-order chi connectivity index (χ1) is 12.1. The molecule has 1 aliphatic rings. The van der Waals surface area contributed by atoms with E-state index in [4.69, 9.17) is 4.74 Å². The van der Waals surface area contributed by atoms with Crippen molar-refractivity contribution >= 4 is 29.9 Å². The van der Waals surface area contributed by atoms with Crippen LogP contribution < -0.4 is 10.1 Å². The van der Waals surface area contributed by atoms with Crippen LogP contribution in [0.25, 0.3) is 0 Å². The van der Waals surface area contributed by atoms with Gasteiger partial charge >= 0.3 is 0 Å². The largest absolute Gasteiger partial charge is 0.472 e. The number of nitrogens with one attached hydrogen (secondary N) is 1. The zero-order valence-corrected chi connectivity index (χ0v) is 18.1. The Morgan fingerprint density at radius 1 is 1.38 bits per heavy atom. The summed E-state index contributed by atoms with van der Waals surface area (Å²) < 4.78 is 7.87. The minimum absolute atomic E-state index is 0. The molecule has 3 rings (SSSR count). The van der Waals surface area contributed by atoms with Crippen molar-refractivity contribution in [2.75, 3.05) is 20.1 Å². The summed E-state index contributed by atoms with van der Waals surface area (Å²) >= 11 is 0. The normalized spacial score (nSPS) is 17.2. The fourth-order valence-electron chi connectivity index (χ4n) is 3.18. The second kappa shape index (κ2) is 9.20. The summed E-state index contributed by atoms with van der Waals surface area (Å²) in [5.74, 6) is 1.58. The average molecular weight is 470 g/mol. The van der Waals surface area contributed by atoms with E-state index in [1.165, 1.54) is 11.3 Å². The first-order valence-corrected chi connectivity index (χ1v) is 8.61. The molecule has 0 amide bonds. The highest BCUT2D eigenvalue weighted by atomic mass is 127. The van der Waals surface area contributed by atoms with Gasteiger partial charge in [0.05, 0.1) is 12.2 Å². The van der Waals surface area contributed by atoms with E-state index in [-0.39, 0.29) is 30.1 Å². The number of aromatic nitrogens is 3. The quantitative estimate of drug-likeness (QED) is 0.422. The molecule has 0 aliphatic carbocycles. The molecular formula is C18H27IN6O. The Morgan fingerprint density at radius 2 is 2.19 bits per heavy atom. The van der Waals surface area contributed by atoms with Gasteiger partial charge in [-0.3, -0.25) is 9.67 Å². The van der Waals surface area contributed by atoms with Crippen molar-refractivity contribution in [2.45, 2.75) is 32.9 Å². The van der Waals surface area contributed by atoms with Gasteiger partial charge in [-0.05, 0) is 19.9 Å². The number of nitrogens with zero attached hydrogens (tertiary/aromatic N) is 5. The van der Waals surface area contributed by atoms with Crippen LogP contribution in [0, 0.1) is 13.8 Å². The molecule has 0 saturated carbocycles. The topological polar surface area (TPSA) is 67.6 Å². The molecule has 1 fully saturated rings. The third-order valence-corrected chi connectivity index (χ3v) is 4.66. The summed E-state index contributed by atoms with van der Waals surface area (Å²) in [5, 5.41) is 7.93. The van der Waals surface area contributed by atoms with Gasteiger partial charge in [-0.1, -0.05) is 6.07 Å². The minimum Gasteiger partial charge on any atom is -0.472 e. The maximum atomic E-state index is 5.96. The molecule has 2 aromatic rings. The second-order valence-electron chi connectivity index (χ2n) is 6.32. The zero-order chi connectivity index (χ0) is 17.8. The van der Waals surface area contributed by atoms with Crippen LogP contribution in [-0.2, 0) is 13.6 Å². The predicted molar refractivity (Wildman–Crippen MR) is 113 cm³/mol. The fourth-order valence-corrected chi connectivity index (χ4v) is 3.18. The van der Waals surface area contributed by atoms with Gasteiger partial charge in [0.15, 0.2) is 5.96 Å². The number of aliphatic imine (C=N–C) groups is 1. The zero-order valence-electron chi connectivity index (χ0n) is 15.8. The lowest BCUT2D eigenvalue weighted by molar-refractivity contribution is 0.205. The number of rotatable bonds is 4. The number of guanidine groups is 1. The molecule has 1 unspecified atom stereocenters. The van der Waals surface area contributed by atoms with Gasteiger partial charge in [-0.15, -0.1) is 24.0 Å². The average Bonchev–Trinajstić information content (AvgIpc) is 3.16. The van der Waals surface area contributed by atoms with E-state index in [0.29, 0.717) is 5.88 Å². The van der Waals surface area contributed by atoms with E-state index in [0.717, 1.165) is 37.7 Å². The Bertz CT molecular complexity index is 746. The number of hydrogen-bond donors (Lipinski definition) is 1. The number of likely N-dealkylation sites (tertiary alicyclic amines) is 1. The molecular weight excluding hydrogens is 443 g/mol. The second-order valence-corrected chi connectivity index (χ2v) is 6.32. The van der Waals surface area contributed by atoms with Gasteiger partial charge in [-0.2, -0.15) is 5.10 Å². The van der Waals surface area contributed by atoms with E-state index in [1.807, 2.05) is 43.9 Å². The first-order valence-electron chi connectivity index (χ1n) is 8.61. The summed E-state index contributed by atoms with van der Waals surface area (Å²) in [4.78, 5) is 10.9. The number of hydrogen-bond acceptors (Lipinski definition) is 4. The lowest BCUT2D eigenvalue weighted by atomic mass is 10.2. The maximum absolute atomic E-state index is 5.96. The first kappa shape index (κ1) is 20.5. The highest BCUT2D eigenvalue weighted by Gasteiger charge is 2.26. The van der Waals surface area contributed by atoms with Gasteiger partial charge in [0, 0.05) is 57.1 Å². The van der Waals surface area contributed by atoms with Crippen molar-refractivity contribution in [3.8, 4) is 5.88 Å². The fraction of sp³-hybridized carbons (Fsp3) is 0.500. The molecule has 0 bridgehead atoms. The van der Waals surface area contributed by atoms with E-state index in [1.54, 1.807) is 6.20 Å². The summed E-state index contributed by atoms with van der Waals surface area (Å²) in [6.45, 7) is 6.58. The lowest BCUT2D eigenvalue weighted by Crippen LogP contribution is -2.40. The third-order valence-electron chi connectivity index (χ3n) is 4.66. The van der Waals surface area contributed by atoms with Crippen LogP contribution in [0.1, 0.15) is 23.4 Å². The van der Waals surface area contributed by atoms with Gasteiger partial charge < -0.3 is 15.0 Å². The van der Waals surface area contributed by atoms with Crippen molar-refractivity contribution in [1.29, 1.82) is 0 Å². The molecule has 1 aliphatic heterocycles. The van der Waals surface area contributed by atoms with Crippen LogP contribution in [0.15, 0.2) is 29.4 Å². The number of ether oxygens (including phenoxy) is 1. The van der Waals surface area contributed by atoms with Crippen molar-refractivity contribution in [2.24, 2.45) is 12.0 Å². The third kappa shape index (κ3) is 4.66. The van der Waals surface area contributed by atoms with Crippen LogP contribution in [0.2, 0.25) is 0 Å². The van der Waals surface area contributed by atoms with E-state index < -0.39 is 0 Å². The lowest BCUT2D eigenvalue weighted by Gasteiger charge is -2.21. The van der Waals surface area contributed by atoms with Crippen LogP contribution in [-0.4, -0.2) is 51.9 Å². The Labute approximate surface area is 171 Å². The predicted octanol–water partition coefficient (Wildman–Crippen LogP) is 2.28. The van der Waals surface area contributed by atoms with Gasteiger partial charge in [-0.25, -0.2) is 4.98 Å². The molecule has 1 N–H and O–H groups in total. The molecule has 142 valence electrons. The Balaban J connectivity index is 0.00000243. The van der Waals surface area contributed by atoms with Crippen LogP contribution in [0.3, 0.4) is 0 Å². The summed E-state index contributed by atoms with van der Waals surface area (Å²) in [6, 6.07) is 5.72. The monoisotopic (exact) mass is 470 g/mol. The highest BCUT2D eigenvalue weighted by molar-refractivity contribution is 14.0. The number of halogens is 1. The highest BCUT2D eigenvalue weighted by Crippen LogP contribution is 2.17. The molecule has 0 spiro atoms. The molecule has 3 heterocycles. The Morgan fingerprint density at radius 3 is 2.81 bits per heavy atom. The van der Waals surface area contributed by atoms with Crippen LogP contribution >= 0.6 is 24.0 Å². The smallest absolute Gasteiger partial charge is 0.213 e. The summed E-state index contributed by atoms with van der Waals surface area (Å²) in [5.41, 5.74) is 3.46. The van der Waals surface area contributed by atoms with E-state index in [2.05, 4.69) is 32.2 Å². The van der Waals surface area contributed by atoms with Crippen molar-refractivity contribution in [1.82, 2.24) is 25.0 Å². The number of aryl methyl sites for hydroxylation is 2. The maximum Gasteiger partial charge on any atom is 0.213 e. The number of pyridine rings is 1. The Kier molecular flexibility index (Phi) is 7.24. The van der Waals surface area contributed by atoms with Gasteiger partial charge in [0.1, 0.15) is 6.10 Å².